The van der Waals surface area contributed by atoms with Crippen molar-refractivity contribution >= 4 is 10.0 Å². The van der Waals surface area contributed by atoms with E-state index in [1.54, 1.807) is 0 Å². The number of nitrogens with one attached hydrogen (secondary N) is 2. The first-order chi connectivity index (χ1) is 6.14. The second kappa shape index (κ2) is 4.93. The van der Waals surface area contributed by atoms with E-state index < -0.39 is 10.0 Å². The van der Waals surface area contributed by atoms with Crippen molar-refractivity contribution in [3.63, 3.8) is 0 Å². The molecular weight excluding hydrogens is 188 g/mol. The summed E-state index contributed by atoms with van der Waals surface area (Å²) in [5, 5.41) is 2.93. The summed E-state index contributed by atoms with van der Waals surface area (Å²) in [5.41, 5.74) is 0. The van der Waals surface area contributed by atoms with Crippen LogP contribution in [0.5, 0.6) is 0 Å². The van der Waals surface area contributed by atoms with Crippen LogP contribution in [0.2, 0.25) is 0 Å². The smallest absolute Gasteiger partial charge is 0.211 e. The second-order valence-corrected chi connectivity index (χ2v) is 5.49. The lowest BCUT2D eigenvalue weighted by molar-refractivity contribution is 0.573. The standard InChI is InChI=1S/C8H18N2O2S/c1-9-5-2-6-13(11,12)10-7-8-3-4-8/h8-10H,2-7H2,1H3. The minimum Gasteiger partial charge on any atom is -0.320 e. The molecule has 1 rings (SSSR count). The summed E-state index contributed by atoms with van der Waals surface area (Å²) in [6.07, 6.45) is 3.04. The second-order valence-electron chi connectivity index (χ2n) is 3.57. The van der Waals surface area contributed by atoms with Gasteiger partial charge in [-0.2, -0.15) is 0 Å². The summed E-state index contributed by atoms with van der Waals surface area (Å²) < 4.78 is 25.2. The summed E-state index contributed by atoms with van der Waals surface area (Å²) in [7, 11) is -1.18. The predicted octanol–water partition coefficient (Wildman–Crippen LogP) is -0.0747. The SMILES string of the molecule is CNCCCS(=O)(=O)NCC1CC1. The quantitative estimate of drug-likeness (QED) is 0.573. The highest BCUT2D eigenvalue weighted by atomic mass is 32.2. The molecule has 0 atom stereocenters. The Labute approximate surface area is 80.1 Å². The number of hydrogen-bond acceptors (Lipinski definition) is 3. The zero-order valence-electron chi connectivity index (χ0n) is 8.04. The first-order valence-electron chi connectivity index (χ1n) is 4.76. The molecule has 0 aromatic heterocycles. The van der Waals surface area contributed by atoms with Crippen LogP contribution in [0.1, 0.15) is 19.3 Å². The van der Waals surface area contributed by atoms with Gasteiger partial charge in [-0.15, -0.1) is 0 Å². The van der Waals surface area contributed by atoms with E-state index in [4.69, 9.17) is 0 Å². The summed E-state index contributed by atoms with van der Waals surface area (Å²) in [5.74, 6) is 0.847. The molecule has 0 radical (unpaired) electrons. The maximum absolute atomic E-state index is 11.3. The van der Waals surface area contributed by atoms with E-state index in [1.165, 1.54) is 12.8 Å². The Morgan fingerprint density at radius 3 is 2.62 bits per heavy atom. The molecule has 0 aliphatic heterocycles. The molecule has 0 unspecified atom stereocenters. The first kappa shape index (κ1) is 10.9. The van der Waals surface area contributed by atoms with Gasteiger partial charge in [-0.25, -0.2) is 13.1 Å². The molecule has 1 saturated carbocycles. The third-order valence-corrected chi connectivity index (χ3v) is 3.56. The van der Waals surface area contributed by atoms with Crippen molar-refractivity contribution in [3.05, 3.63) is 0 Å². The van der Waals surface area contributed by atoms with Crippen molar-refractivity contribution in [3.8, 4) is 0 Å². The van der Waals surface area contributed by atoms with Gasteiger partial charge >= 0.3 is 0 Å². The summed E-state index contributed by atoms with van der Waals surface area (Å²) >= 11 is 0. The van der Waals surface area contributed by atoms with E-state index in [0.29, 0.717) is 18.9 Å². The number of rotatable bonds is 7. The Hall–Kier alpha value is -0.130. The molecule has 5 heteroatoms. The van der Waals surface area contributed by atoms with Crippen LogP contribution in [0.25, 0.3) is 0 Å². The lowest BCUT2D eigenvalue weighted by atomic mass is 10.4. The Balaban J connectivity index is 2.11. The molecule has 4 nitrogen and oxygen atoms in total. The molecule has 0 amide bonds. The summed E-state index contributed by atoms with van der Waals surface area (Å²) in [4.78, 5) is 0. The van der Waals surface area contributed by atoms with E-state index in [2.05, 4.69) is 10.0 Å². The molecule has 2 N–H and O–H groups in total. The zero-order chi connectivity index (χ0) is 9.73. The molecule has 1 aliphatic rings. The molecule has 0 saturated heterocycles. The minimum atomic E-state index is -3.00. The van der Waals surface area contributed by atoms with Crippen LogP contribution < -0.4 is 10.0 Å². The normalized spacial score (nSPS) is 17.6. The fourth-order valence-corrected chi connectivity index (χ4v) is 2.24. The maximum atomic E-state index is 11.3. The summed E-state index contributed by atoms with van der Waals surface area (Å²) in [6, 6.07) is 0. The maximum Gasteiger partial charge on any atom is 0.211 e. The van der Waals surface area contributed by atoms with Crippen LogP contribution in [-0.4, -0.2) is 34.3 Å². The van der Waals surface area contributed by atoms with Gasteiger partial charge in [0.05, 0.1) is 5.75 Å². The highest BCUT2D eigenvalue weighted by molar-refractivity contribution is 7.89. The van der Waals surface area contributed by atoms with Crippen LogP contribution in [-0.2, 0) is 10.0 Å². The van der Waals surface area contributed by atoms with Crippen molar-refractivity contribution in [2.45, 2.75) is 19.3 Å². The van der Waals surface area contributed by atoms with Gasteiger partial charge in [0, 0.05) is 6.54 Å². The Bertz CT molecular complexity index is 235. The molecule has 0 aromatic carbocycles. The lowest BCUT2D eigenvalue weighted by Crippen LogP contribution is -2.29. The van der Waals surface area contributed by atoms with Crippen molar-refractivity contribution < 1.29 is 8.42 Å². The first-order valence-corrected chi connectivity index (χ1v) is 6.41. The topological polar surface area (TPSA) is 58.2 Å². The highest BCUT2D eigenvalue weighted by Crippen LogP contribution is 2.27. The van der Waals surface area contributed by atoms with E-state index >= 15 is 0 Å². The van der Waals surface area contributed by atoms with Crippen LogP contribution in [0, 0.1) is 5.92 Å². The monoisotopic (exact) mass is 206 g/mol. The van der Waals surface area contributed by atoms with E-state index in [9.17, 15) is 8.42 Å². The van der Waals surface area contributed by atoms with Crippen LogP contribution in [0.4, 0.5) is 0 Å². The average Bonchev–Trinajstić information content (AvgIpc) is 2.84. The molecule has 0 spiro atoms. The van der Waals surface area contributed by atoms with E-state index in [1.807, 2.05) is 7.05 Å². The Morgan fingerprint density at radius 1 is 1.38 bits per heavy atom. The van der Waals surface area contributed by atoms with Gasteiger partial charge in [0.15, 0.2) is 0 Å². The zero-order valence-corrected chi connectivity index (χ0v) is 8.86. The van der Waals surface area contributed by atoms with Crippen LogP contribution in [0.15, 0.2) is 0 Å². The third kappa shape index (κ3) is 5.23. The highest BCUT2D eigenvalue weighted by Gasteiger charge is 2.23. The van der Waals surface area contributed by atoms with Crippen molar-refractivity contribution in [2.24, 2.45) is 5.92 Å². The average molecular weight is 206 g/mol. The number of hydrogen-bond donors (Lipinski definition) is 2. The molecule has 13 heavy (non-hydrogen) atoms. The molecule has 78 valence electrons. The molecule has 1 fully saturated rings. The summed E-state index contributed by atoms with van der Waals surface area (Å²) in [6.45, 7) is 1.40. The van der Waals surface area contributed by atoms with Gasteiger partial charge in [-0.05, 0) is 38.8 Å². The van der Waals surface area contributed by atoms with Crippen LogP contribution in [0.3, 0.4) is 0 Å². The fraction of sp³-hybridized carbons (Fsp3) is 1.00. The largest absolute Gasteiger partial charge is 0.320 e. The van der Waals surface area contributed by atoms with Gasteiger partial charge < -0.3 is 5.32 Å². The third-order valence-electron chi connectivity index (χ3n) is 2.13. The Morgan fingerprint density at radius 2 is 2.08 bits per heavy atom. The molecule has 1 aliphatic carbocycles. The van der Waals surface area contributed by atoms with E-state index in [0.717, 1.165) is 6.54 Å². The molecular formula is C8H18N2O2S. The van der Waals surface area contributed by atoms with Gasteiger partial charge in [-0.1, -0.05) is 0 Å². The van der Waals surface area contributed by atoms with Gasteiger partial charge in [0.2, 0.25) is 10.0 Å². The van der Waals surface area contributed by atoms with Gasteiger partial charge in [0.1, 0.15) is 0 Å². The van der Waals surface area contributed by atoms with E-state index in [-0.39, 0.29) is 5.75 Å². The predicted molar refractivity (Wildman–Crippen MR) is 53.1 cm³/mol. The van der Waals surface area contributed by atoms with Gasteiger partial charge in [0.25, 0.3) is 0 Å². The van der Waals surface area contributed by atoms with Crippen LogP contribution >= 0.6 is 0 Å². The molecule has 0 heterocycles. The van der Waals surface area contributed by atoms with Crippen molar-refractivity contribution in [1.82, 2.24) is 10.0 Å². The van der Waals surface area contributed by atoms with Gasteiger partial charge in [-0.3, -0.25) is 0 Å². The lowest BCUT2D eigenvalue weighted by Gasteiger charge is -2.04. The molecule has 0 aromatic rings. The Kier molecular flexibility index (Phi) is 4.15. The van der Waals surface area contributed by atoms with Crippen molar-refractivity contribution in [1.29, 1.82) is 0 Å². The minimum absolute atomic E-state index is 0.237. The fourth-order valence-electron chi connectivity index (χ4n) is 1.08. The molecule has 0 bridgehead atoms. The van der Waals surface area contributed by atoms with Crippen molar-refractivity contribution in [2.75, 3.05) is 25.9 Å². The number of sulfonamides is 1.